The lowest BCUT2D eigenvalue weighted by atomic mass is 9.55. The summed E-state index contributed by atoms with van der Waals surface area (Å²) in [5.41, 5.74) is 2.43. The average Bonchev–Trinajstić information content (AvgIpc) is 2.35. The van der Waals surface area contributed by atoms with Crippen molar-refractivity contribution in [3.63, 3.8) is 0 Å². The monoisotopic (exact) mass is 288 g/mol. The van der Waals surface area contributed by atoms with Crippen LogP contribution in [0.15, 0.2) is 35.5 Å². The molecular formula is C20H32O. The molecule has 0 heterocycles. The third-order valence-electron chi connectivity index (χ3n) is 5.89. The summed E-state index contributed by atoms with van der Waals surface area (Å²) in [5, 5.41) is 10.9. The maximum Gasteiger partial charge on any atom is 0.0653 e. The highest BCUT2D eigenvalue weighted by Crippen LogP contribution is 2.52. The number of fused-ring (bicyclic) bond motifs is 2. The van der Waals surface area contributed by atoms with Crippen molar-refractivity contribution in [2.24, 2.45) is 17.3 Å². The first-order valence-electron chi connectivity index (χ1n) is 8.46. The van der Waals surface area contributed by atoms with E-state index in [0.717, 1.165) is 32.1 Å². The van der Waals surface area contributed by atoms with Crippen LogP contribution < -0.4 is 0 Å². The van der Waals surface area contributed by atoms with Crippen molar-refractivity contribution < 1.29 is 5.11 Å². The minimum absolute atomic E-state index is 0.151. The molecule has 0 radical (unpaired) electrons. The molecule has 118 valence electrons. The van der Waals surface area contributed by atoms with E-state index in [2.05, 4.69) is 58.9 Å². The van der Waals surface area contributed by atoms with Crippen LogP contribution in [-0.2, 0) is 0 Å². The summed E-state index contributed by atoms with van der Waals surface area (Å²) in [5.74, 6) is 0.926. The third kappa shape index (κ3) is 3.69. The van der Waals surface area contributed by atoms with Crippen molar-refractivity contribution in [2.75, 3.05) is 0 Å². The van der Waals surface area contributed by atoms with Gasteiger partial charge in [-0.2, -0.15) is 0 Å². The van der Waals surface area contributed by atoms with Gasteiger partial charge in [0, 0.05) is 0 Å². The van der Waals surface area contributed by atoms with Crippen LogP contribution in [-0.4, -0.2) is 10.7 Å². The number of hydrogen-bond acceptors (Lipinski definition) is 1. The quantitative estimate of drug-likeness (QED) is 0.590. The first-order valence-corrected chi connectivity index (χ1v) is 8.46. The standard InChI is InChI=1S/C20H32O/c1-15-7-6-8-16(2)10-12-18-19(3,4)17(11-9-15)13-14-20(18,5)21/h7-9,11,17-18,21H,6,10,12-14H2,1-5H3/b11-9-,15-7+,16-8+/t17-,18-,20-/m0/s1. The van der Waals surface area contributed by atoms with Crippen molar-refractivity contribution >= 4 is 0 Å². The Labute approximate surface area is 130 Å². The molecule has 2 rings (SSSR count). The van der Waals surface area contributed by atoms with Gasteiger partial charge in [-0.15, -0.1) is 0 Å². The van der Waals surface area contributed by atoms with Crippen LogP contribution in [0.5, 0.6) is 0 Å². The molecule has 1 saturated carbocycles. The summed E-state index contributed by atoms with van der Waals surface area (Å²) in [6, 6.07) is 0. The molecule has 0 spiro atoms. The fourth-order valence-electron chi connectivity index (χ4n) is 4.34. The molecule has 0 aromatic carbocycles. The van der Waals surface area contributed by atoms with Gasteiger partial charge in [-0.3, -0.25) is 0 Å². The molecule has 2 aliphatic carbocycles. The maximum atomic E-state index is 10.9. The van der Waals surface area contributed by atoms with Crippen LogP contribution >= 0.6 is 0 Å². The Kier molecular flexibility index (Phi) is 4.82. The lowest BCUT2D eigenvalue weighted by Crippen LogP contribution is -2.50. The van der Waals surface area contributed by atoms with E-state index >= 15 is 0 Å². The Morgan fingerprint density at radius 3 is 2.52 bits per heavy atom. The summed E-state index contributed by atoms with van der Waals surface area (Å²) >= 11 is 0. The van der Waals surface area contributed by atoms with E-state index in [1.807, 2.05) is 0 Å². The van der Waals surface area contributed by atoms with Crippen LogP contribution in [0.25, 0.3) is 0 Å². The van der Waals surface area contributed by atoms with Crippen molar-refractivity contribution in [2.45, 2.75) is 72.3 Å². The van der Waals surface area contributed by atoms with Gasteiger partial charge in [0.25, 0.3) is 0 Å². The molecule has 0 aliphatic heterocycles. The number of hydrogen-bond donors (Lipinski definition) is 1. The molecular weight excluding hydrogens is 256 g/mol. The minimum atomic E-state index is -0.525. The third-order valence-corrected chi connectivity index (χ3v) is 5.89. The Bertz CT molecular complexity index is 462. The molecule has 0 saturated heterocycles. The zero-order chi connectivity index (χ0) is 15.7. The second-order valence-corrected chi connectivity index (χ2v) is 8.01. The highest BCUT2D eigenvalue weighted by molar-refractivity contribution is 5.21. The van der Waals surface area contributed by atoms with E-state index in [0.29, 0.717) is 11.8 Å². The topological polar surface area (TPSA) is 20.2 Å². The van der Waals surface area contributed by atoms with Gasteiger partial charge in [0.15, 0.2) is 0 Å². The van der Waals surface area contributed by atoms with E-state index in [1.54, 1.807) is 0 Å². The van der Waals surface area contributed by atoms with Gasteiger partial charge in [-0.25, -0.2) is 0 Å². The number of allylic oxidation sites excluding steroid dienone is 6. The second-order valence-electron chi connectivity index (χ2n) is 8.01. The molecule has 2 aliphatic rings. The molecule has 1 fully saturated rings. The lowest BCUT2D eigenvalue weighted by molar-refractivity contribution is -0.109. The van der Waals surface area contributed by atoms with Crippen molar-refractivity contribution in [3.05, 3.63) is 35.5 Å². The predicted octanol–water partition coefficient (Wildman–Crippen LogP) is 5.42. The molecule has 21 heavy (non-hydrogen) atoms. The zero-order valence-electron chi connectivity index (χ0n) is 14.4. The SMILES string of the molecule is CC1=C\C/C=C(\C)CC[C@H]2C(C)(C)[C@@H](/C=C\1)CC[C@]2(C)O. The second kappa shape index (κ2) is 6.12. The van der Waals surface area contributed by atoms with Crippen molar-refractivity contribution in [1.29, 1.82) is 0 Å². The van der Waals surface area contributed by atoms with Gasteiger partial charge in [0.1, 0.15) is 0 Å². The fraction of sp³-hybridized carbons (Fsp3) is 0.700. The van der Waals surface area contributed by atoms with Crippen LogP contribution in [0, 0.1) is 17.3 Å². The van der Waals surface area contributed by atoms with Gasteiger partial charge >= 0.3 is 0 Å². The predicted molar refractivity (Wildman–Crippen MR) is 91.1 cm³/mol. The van der Waals surface area contributed by atoms with Crippen LogP contribution in [0.2, 0.25) is 0 Å². The van der Waals surface area contributed by atoms with Crippen LogP contribution in [0.1, 0.15) is 66.7 Å². The lowest BCUT2D eigenvalue weighted by Gasteiger charge is -2.52. The normalized spacial score (nSPS) is 43.5. The first kappa shape index (κ1) is 16.5. The van der Waals surface area contributed by atoms with E-state index < -0.39 is 5.60 Å². The highest BCUT2D eigenvalue weighted by atomic mass is 16.3. The van der Waals surface area contributed by atoms with Gasteiger partial charge in [0.2, 0.25) is 0 Å². The maximum absolute atomic E-state index is 10.9. The molecule has 1 heteroatoms. The fourth-order valence-corrected chi connectivity index (χ4v) is 4.34. The summed E-state index contributed by atoms with van der Waals surface area (Å²) in [6.45, 7) is 11.2. The van der Waals surface area contributed by atoms with E-state index in [9.17, 15) is 5.11 Å². The smallest absolute Gasteiger partial charge is 0.0653 e. The van der Waals surface area contributed by atoms with Gasteiger partial charge in [0.05, 0.1) is 5.60 Å². The molecule has 1 N–H and O–H groups in total. The molecule has 3 atom stereocenters. The summed E-state index contributed by atoms with van der Waals surface area (Å²) in [7, 11) is 0. The van der Waals surface area contributed by atoms with Crippen molar-refractivity contribution in [1.82, 2.24) is 0 Å². The Morgan fingerprint density at radius 2 is 1.81 bits per heavy atom. The van der Waals surface area contributed by atoms with Crippen molar-refractivity contribution in [3.8, 4) is 0 Å². The van der Waals surface area contributed by atoms with E-state index in [1.165, 1.54) is 11.1 Å². The zero-order valence-corrected chi connectivity index (χ0v) is 14.4. The summed E-state index contributed by atoms with van der Waals surface area (Å²) in [6.07, 6.45) is 14.6. The molecule has 1 nitrogen and oxygen atoms in total. The van der Waals surface area contributed by atoms with E-state index in [4.69, 9.17) is 0 Å². The average molecular weight is 288 g/mol. The van der Waals surface area contributed by atoms with Gasteiger partial charge < -0.3 is 5.11 Å². The molecule has 0 aromatic heterocycles. The number of rotatable bonds is 0. The molecule has 0 unspecified atom stereocenters. The largest absolute Gasteiger partial charge is 0.390 e. The summed E-state index contributed by atoms with van der Waals surface area (Å²) < 4.78 is 0. The van der Waals surface area contributed by atoms with Crippen LogP contribution in [0.4, 0.5) is 0 Å². The summed E-state index contributed by atoms with van der Waals surface area (Å²) in [4.78, 5) is 0. The Balaban J connectivity index is 2.38. The van der Waals surface area contributed by atoms with Gasteiger partial charge in [-0.05, 0) is 70.1 Å². The minimum Gasteiger partial charge on any atom is -0.390 e. The highest BCUT2D eigenvalue weighted by Gasteiger charge is 2.49. The molecule has 2 bridgehead atoms. The Hall–Kier alpha value is -0.820. The first-order chi connectivity index (χ1) is 9.73. The molecule has 0 aromatic rings. The molecule has 0 amide bonds. The number of aliphatic hydroxyl groups is 1. The Morgan fingerprint density at radius 1 is 1.10 bits per heavy atom. The van der Waals surface area contributed by atoms with Crippen LogP contribution in [0.3, 0.4) is 0 Å². The van der Waals surface area contributed by atoms with Gasteiger partial charge in [-0.1, -0.05) is 49.3 Å². The van der Waals surface area contributed by atoms with E-state index in [-0.39, 0.29) is 5.41 Å².